The highest BCUT2D eigenvalue weighted by atomic mass is 35.5. The van der Waals surface area contributed by atoms with E-state index in [4.69, 9.17) is 32.0 Å². The highest BCUT2D eigenvalue weighted by molar-refractivity contribution is 6.30. The molecule has 2 aromatic rings. The summed E-state index contributed by atoms with van der Waals surface area (Å²) in [6.07, 6.45) is 7.10. The molecule has 0 aliphatic heterocycles. The SMILES string of the molecule is Cc1cnccc1CN[C@@H]1C2CCCCC2[C@H]1c1ccc(Cl)cc1.O=C(O)CC(O)(CC(=O)O)C(=O)O. The first-order valence-corrected chi connectivity index (χ1v) is 12.7. The number of nitrogens with one attached hydrogen (secondary N) is 1. The zero-order valence-electron chi connectivity index (χ0n) is 20.6. The maximum absolute atomic E-state index is 10.3. The van der Waals surface area contributed by atoms with Gasteiger partial charge in [-0.15, -0.1) is 0 Å². The van der Waals surface area contributed by atoms with Crippen molar-refractivity contribution in [3.8, 4) is 0 Å². The van der Waals surface area contributed by atoms with Crippen LogP contribution in [0.3, 0.4) is 0 Å². The Balaban J connectivity index is 0.000000251. The second kappa shape index (κ2) is 12.5. The Bertz CT molecular complexity index is 1090. The van der Waals surface area contributed by atoms with E-state index < -0.39 is 36.4 Å². The van der Waals surface area contributed by atoms with Crippen molar-refractivity contribution >= 4 is 29.5 Å². The lowest BCUT2D eigenvalue weighted by atomic mass is 9.53. The third kappa shape index (κ3) is 7.28. The number of aliphatic hydroxyl groups is 1. The van der Waals surface area contributed by atoms with Gasteiger partial charge in [-0.05, 0) is 66.5 Å². The molecule has 9 nitrogen and oxygen atoms in total. The molecule has 5 N–H and O–H groups in total. The fourth-order valence-corrected chi connectivity index (χ4v) is 5.65. The van der Waals surface area contributed by atoms with Gasteiger partial charge in [0.2, 0.25) is 0 Å². The Morgan fingerprint density at radius 2 is 1.59 bits per heavy atom. The van der Waals surface area contributed by atoms with Gasteiger partial charge in [0.1, 0.15) is 0 Å². The number of nitrogens with zero attached hydrogens (tertiary/aromatic N) is 1. The van der Waals surface area contributed by atoms with Crippen molar-refractivity contribution in [2.45, 2.75) is 69.6 Å². The van der Waals surface area contributed by atoms with Gasteiger partial charge in [-0.1, -0.05) is 36.6 Å². The first-order chi connectivity index (χ1) is 17.5. The molecule has 0 spiro atoms. The van der Waals surface area contributed by atoms with Crippen molar-refractivity contribution < 1.29 is 34.8 Å². The average Bonchev–Trinajstić information content (AvgIpc) is 2.81. The maximum Gasteiger partial charge on any atom is 0.336 e. The lowest BCUT2D eigenvalue weighted by Gasteiger charge is -2.55. The van der Waals surface area contributed by atoms with Crippen LogP contribution in [0.15, 0.2) is 42.7 Å². The fraction of sp³-hybridized carbons (Fsp3) is 0.481. The number of aryl methyl sites for hydroxylation is 1. The molecule has 2 saturated carbocycles. The summed E-state index contributed by atoms with van der Waals surface area (Å²) in [5.41, 5.74) is 1.34. The number of benzene rings is 1. The number of carboxylic acids is 3. The smallest absolute Gasteiger partial charge is 0.336 e. The molecule has 1 aromatic heterocycles. The van der Waals surface area contributed by atoms with Crippen LogP contribution < -0.4 is 5.32 Å². The van der Waals surface area contributed by atoms with Crippen molar-refractivity contribution in [3.63, 3.8) is 0 Å². The molecule has 4 rings (SSSR count). The quantitative estimate of drug-likeness (QED) is 0.323. The van der Waals surface area contributed by atoms with Gasteiger partial charge in [0.25, 0.3) is 0 Å². The first kappa shape index (κ1) is 28.6. The van der Waals surface area contributed by atoms with Crippen LogP contribution in [0.5, 0.6) is 0 Å². The van der Waals surface area contributed by atoms with Gasteiger partial charge in [0, 0.05) is 35.9 Å². The molecule has 0 bridgehead atoms. The largest absolute Gasteiger partial charge is 0.481 e. The average molecular weight is 533 g/mol. The van der Waals surface area contributed by atoms with E-state index in [1.807, 2.05) is 24.5 Å². The Hall–Kier alpha value is -3.01. The van der Waals surface area contributed by atoms with Gasteiger partial charge in [-0.3, -0.25) is 14.6 Å². The minimum absolute atomic E-state index is 0.587. The van der Waals surface area contributed by atoms with Gasteiger partial charge in [0.05, 0.1) is 12.8 Å². The van der Waals surface area contributed by atoms with Crippen molar-refractivity contribution in [2.24, 2.45) is 11.8 Å². The molecule has 1 aromatic carbocycles. The summed E-state index contributed by atoms with van der Waals surface area (Å²) >= 11 is 6.09. The highest BCUT2D eigenvalue weighted by Crippen LogP contribution is 2.54. The van der Waals surface area contributed by atoms with Gasteiger partial charge >= 0.3 is 17.9 Å². The summed E-state index contributed by atoms with van der Waals surface area (Å²) in [4.78, 5) is 34.7. The molecule has 37 heavy (non-hydrogen) atoms. The molecule has 2 aliphatic carbocycles. The van der Waals surface area contributed by atoms with Crippen LogP contribution in [-0.2, 0) is 20.9 Å². The number of aromatic nitrogens is 1. The van der Waals surface area contributed by atoms with E-state index in [-0.39, 0.29) is 0 Å². The Morgan fingerprint density at radius 1 is 1.00 bits per heavy atom. The van der Waals surface area contributed by atoms with Crippen LogP contribution in [0.2, 0.25) is 5.02 Å². The summed E-state index contributed by atoms with van der Waals surface area (Å²) in [5.74, 6) is -2.71. The number of hydrogen-bond acceptors (Lipinski definition) is 6. The lowest BCUT2D eigenvalue weighted by Crippen LogP contribution is -2.57. The molecule has 0 saturated heterocycles. The van der Waals surface area contributed by atoms with E-state index in [9.17, 15) is 14.4 Å². The van der Waals surface area contributed by atoms with Gasteiger partial charge in [-0.2, -0.15) is 0 Å². The molecule has 200 valence electrons. The maximum atomic E-state index is 10.3. The van der Waals surface area contributed by atoms with E-state index in [1.54, 1.807) is 0 Å². The van der Waals surface area contributed by atoms with Crippen molar-refractivity contribution in [1.29, 1.82) is 0 Å². The van der Waals surface area contributed by atoms with Crippen LogP contribution in [0.25, 0.3) is 0 Å². The second-order valence-corrected chi connectivity index (χ2v) is 10.3. The molecule has 2 fully saturated rings. The number of carboxylic acid groups (broad SMARTS) is 3. The third-order valence-corrected chi connectivity index (χ3v) is 7.64. The molecule has 2 unspecified atom stereocenters. The van der Waals surface area contributed by atoms with Crippen molar-refractivity contribution in [2.75, 3.05) is 0 Å². The van der Waals surface area contributed by atoms with Gasteiger partial charge in [-0.25, -0.2) is 4.79 Å². The number of aliphatic carboxylic acids is 3. The predicted octanol–water partition coefficient (Wildman–Crippen LogP) is 3.86. The molecule has 10 heteroatoms. The third-order valence-electron chi connectivity index (χ3n) is 7.39. The normalized spacial score (nSPS) is 22.6. The summed E-state index contributed by atoms with van der Waals surface area (Å²) in [6, 6.07) is 11.3. The number of hydrogen-bond donors (Lipinski definition) is 5. The van der Waals surface area contributed by atoms with Crippen LogP contribution in [-0.4, -0.2) is 55.0 Å². The van der Waals surface area contributed by atoms with Crippen LogP contribution in [0.1, 0.15) is 61.1 Å². The zero-order chi connectivity index (χ0) is 27.2. The second-order valence-electron chi connectivity index (χ2n) is 9.88. The lowest BCUT2D eigenvalue weighted by molar-refractivity contribution is -0.170. The first-order valence-electron chi connectivity index (χ1n) is 12.3. The molecule has 1 heterocycles. The van der Waals surface area contributed by atoms with Crippen molar-refractivity contribution in [1.82, 2.24) is 10.3 Å². The number of fused-ring (bicyclic) bond motifs is 1. The van der Waals surface area contributed by atoms with Crippen molar-refractivity contribution in [3.05, 3.63) is 64.4 Å². The number of pyridine rings is 1. The number of halogens is 1. The van der Waals surface area contributed by atoms with Gasteiger partial charge in [0.15, 0.2) is 5.60 Å². The highest BCUT2D eigenvalue weighted by Gasteiger charge is 2.50. The molecule has 4 atom stereocenters. The predicted molar refractivity (Wildman–Crippen MR) is 136 cm³/mol. The van der Waals surface area contributed by atoms with E-state index in [0.29, 0.717) is 12.0 Å². The minimum atomic E-state index is -2.74. The number of rotatable bonds is 9. The minimum Gasteiger partial charge on any atom is -0.481 e. The Kier molecular flexibility index (Phi) is 9.64. The van der Waals surface area contributed by atoms with E-state index >= 15 is 0 Å². The molecule has 0 radical (unpaired) electrons. The molecule has 0 amide bonds. The van der Waals surface area contributed by atoms with Crippen LogP contribution in [0, 0.1) is 18.8 Å². The summed E-state index contributed by atoms with van der Waals surface area (Å²) in [6.45, 7) is 3.08. The summed E-state index contributed by atoms with van der Waals surface area (Å²) < 4.78 is 0. The zero-order valence-corrected chi connectivity index (χ0v) is 21.4. The summed E-state index contributed by atoms with van der Waals surface area (Å²) in [5, 5.41) is 38.5. The van der Waals surface area contributed by atoms with Gasteiger partial charge < -0.3 is 25.7 Å². The monoisotopic (exact) mass is 532 g/mol. The van der Waals surface area contributed by atoms with E-state index in [1.165, 1.54) is 42.4 Å². The van der Waals surface area contributed by atoms with Crippen LogP contribution in [0.4, 0.5) is 0 Å². The fourth-order valence-electron chi connectivity index (χ4n) is 5.53. The topological polar surface area (TPSA) is 157 Å². The Morgan fingerprint density at radius 3 is 2.14 bits per heavy atom. The summed E-state index contributed by atoms with van der Waals surface area (Å²) in [7, 11) is 0. The Labute approximate surface area is 220 Å². The molecule has 2 aliphatic rings. The molecular weight excluding hydrogens is 500 g/mol. The molecular formula is C27H33ClN2O7. The van der Waals surface area contributed by atoms with Crippen LogP contribution >= 0.6 is 11.6 Å². The van der Waals surface area contributed by atoms with E-state index in [2.05, 4.69) is 35.4 Å². The standard InChI is InChI=1S/C21H25ClN2.C6H8O7/c1-14-12-23-11-10-16(14)13-24-21-19-5-3-2-4-18(19)20(21)15-6-8-17(22)9-7-15;7-3(8)1-6(13,5(11)12)2-4(9)10/h6-12,18-21,24H,2-5,13H2,1H3;13H,1-2H2,(H,7,8)(H,9,10)(H,11,12)/t18?,19?,20-,21-;/m1./s1. The van der Waals surface area contributed by atoms with E-state index in [0.717, 1.165) is 23.4 Å². The number of carbonyl (C=O) groups is 3.